The lowest BCUT2D eigenvalue weighted by atomic mass is 10.2. The summed E-state index contributed by atoms with van der Waals surface area (Å²) in [7, 11) is 4.36. The summed E-state index contributed by atoms with van der Waals surface area (Å²) in [5.41, 5.74) is 0.426. The Morgan fingerprint density at radius 3 is 2.31 bits per heavy atom. The Labute approximate surface area is 171 Å². The van der Waals surface area contributed by atoms with E-state index in [-0.39, 0.29) is 5.56 Å². The Hall–Kier alpha value is -3.26. The third-order valence-electron chi connectivity index (χ3n) is 4.37. The predicted molar refractivity (Wildman–Crippen MR) is 116 cm³/mol. The van der Waals surface area contributed by atoms with Crippen molar-refractivity contribution < 1.29 is 9.84 Å². The number of hydrogen-bond donors (Lipinski definition) is 1. The molecule has 0 unspecified atom stereocenters. The zero-order valence-electron chi connectivity index (χ0n) is 16.3. The number of thioether (sulfide) groups is 1. The Balaban J connectivity index is 2.11. The van der Waals surface area contributed by atoms with Gasteiger partial charge in [-0.2, -0.15) is 0 Å². The van der Waals surface area contributed by atoms with Gasteiger partial charge in [0.1, 0.15) is 16.4 Å². The average Bonchev–Trinajstić information content (AvgIpc) is 2.76. The molecule has 0 aliphatic carbocycles. The van der Waals surface area contributed by atoms with Crippen LogP contribution >= 0.6 is 11.8 Å². The van der Waals surface area contributed by atoms with Crippen molar-refractivity contribution in [3.05, 3.63) is 86.6 Å². The van der Waals surface area contributed by atoms with Crippen LogP contribution in [0.5, 0.6) is 11.6 Å². The highest BCUT2D eigenvalue weighted by Crippen LogP contribution is 2.26. The topological polar surface area (TPSA) is 85.8 Å². The first-order valence-corrected chi connectivity index (χ1v) is 9.79. The maximum absolute atomic E-state index is 12.8. The number of aromatic hydroxyl groups is 1. The van der Waals surface area contributed by atoms with Gasteiger partial charge in [0.15, 0.2) is 0 Å². The molecule has 0 bridgehead atoms. The lowest BCUT2D eigenvalue weighted by Gasteiger charge is -2.12. The van der Waals surface area contributed by atoms with E-state index in [1.807, 2.05) is 30.3 Å². The van der Waals surface area contributed by atoms with Crippen molar-refractivity contribution in [2.75, 3.05) is 7.11 Å². The van der Waals surface area contributed by atoms with Gasteiger partial charge in [0.25, 0.3) is 5.56 Å². The minimum absolute atomic E-state index is 0.00801. The van der Waals surface area contributed by atoms with Gasteiger partial charge in [0.05, 0.1) is 12.8 Å². The molecule has 0 saturated heterocycles. The van der Waals surface area contributed by atoms with E-state index in [1.165, 1.54) is 25.9 Å². The SMILES string of the molecule is COc1ccc(N=C(SCc2ccccc2)c2c(O)n(C)c(=O)n(C)c2=O)cc1. The van der Waals surface area contributed by atoms with Crippen LogP contribution in [0.1, 0.15) is 11.1 Å². The molecule has 0 fully saturated rings. The smallest absolute Gasteiger partial charge is 0.333 e. The third-order valence-corrected chi connectivity index (χ3v) is 5.42. The van der Waals surface area contributed by atoms with Gasteiger partial charge in [0, 0.05) is 19.8 Å². The molecule has 8 heteroatoms. The van der Waals surface area contributed by atoms with Gasteiger partial charge >= 0.3 is 5.69 Å². The molecule has 1 heterocycles. The fourth-order valence-corrected chi connectivity index (χ4v) is 3.67. The first-order chi connectivity index (χ1) is 13.9. The quantitative estimate of drug-likeness (QED) is 0.515. The van der Waals surface area contributed by atoms with E-state index in [0.717, 1.165) is 14.7 Å². The molecule has 0 amide bonds. The number of aromatic nitrogens is 2. The number of benzene rings is 2. The van der Waals surface area contributed by atoms with Gasteiger partial charge in [-0.1, -0.05) is 30.3 Å². The molecule has 7 nitrogen and oxygen atoms in total. The molecule has 0 atom stereocenters. The largest absolute Gasteiger partial charge is 0.497 e. The maximum Gasteiger partial charge on any atom is 0.333 e. The van der Waals surface area contributed by atoms with Crippen molar-refractivity contribution in [2.24, 2.45) is 19.1 Å². The number of ether oxygens (including phenoxy) is 1. The summed E-state index contributed by atoms with van der Waals surface area (Å²) in [4.78, 5) is 29.5. The minimum atomic E-state index is -0.604. The van der Waals surface area contributed by atoms with Crippen molar-refractivity contribution in [2.45, 2.75) is 5.75 Å². The molecular formula is C21H21N3O4S. The molecule has 3 aromatic rings. The molecule has 3 rings (SSSR count). The Morgan fingerprint density at radius 2 is 1.69 bits per heavy atom. The zero-order chi connectivity index (χ0) is 21.0. The number of aliphatic imine (C=N–C) groups is 1. The number of rotatable bonds is 5. The van der Waals surface area contributed by atoms with Crippen molar-refractivity contribution >= 4 is 22.5 Å². The first-order valence-electron chi connectivity index (χ1n) is 8.81. The van der Waals surface area contributed by atoms with E-state index < -0.39 is 17.1 Å². The van der Waals surface area contributed by atoms with Gasteiger partial charge in [-0.25, -0.2) is 9.79 Å². The molecule has 1 N–H and O–H groups in total. The molecule has 0 aliphatic heterocycles. The first kappa shape index (κ1) is 20.5. The van der Waals surface area contributed by atoms with Crippen LogP contribution in [0.25, 0.3) is 0 Å². The highest BCUT2D eigenvalue weighted by molar-refractivity contribution is 8.13. The number of hydrogen-bond acceptors (Lipinski definition) is 6. The van der Waals surface area contributed by atoms with Crippen LogP contribution in [0.3, 0.4) is 0 Å². The van der Waals surface area contributed by atoms with Crippen LogP contribution < -0.4 is 16.0 Å². The lowest BCUT2D eigenvalue weighted by Crippen LogP contribution is -2.39. The number of methoxy groups -OCH3 is 1. The van der Waals surface area contributed by atoms with Crippen molar-refractivity contribution in [3.63, 3.8) is 0 Å². The highest BCUT2D eigenvalue weighted by atomic mass is 32.2. The summed E-state index contributed by atoms with van der Waals surface area (Å²) in [6.45, 7) is 0. The van der Waals surface area contributed by atoms with Crippen LogP contribution in [0.2, 0.25) is 0 Å². The second-order valence-electron chi connectivity index (χ2n) is 6.29. The van der Waals surface area contributed by atoms with Gasteiger partial charge in [-0.3, -0.25) is 13.9 Å². The maximum atomic E-state index is 12.8. The van der Waals surface area contributed by atoms with Crippen molar-refractivity contribution in [1.29, 1.82) is 0 Å². The summed E-state index contributed by atoms with van der Waals surface area (Å²) in [5.74, 6) is 0.815. The van der Waals surface area contributed by atoms with Crippen LogP contribution in [-0.4, -0.2) is 26.4 Å². The molecule has 1 aromatic heterocycles. The van der Waals surface area contributed by atoms with E-state index in [9.17, 15) is 14.7 Å². The van der Waals surface area contributed by atoms with E-state index in [4.69, 9.17) is 4.74 Å². The van der Waals surface area contributed by atoms with Gasteiger partial charge < -0.3 is 9.84 Å². The third kappa shape index (κ3) is 4.43. The molecule has 0 aliphatic rings. The van der Waals surface area contributed by atoms with Gasteiger partial charge in [-0.05, 0) is 29.8 Å². The van der Waals surface area contributed by atoms with E-state index in [1.54, 1.807) is 31.4 Å². The summed E-state index contributed by atoms with van der Waals surface area (Å²) in [6, 6.07) is 16.8. The predicted octanol–water partition coefficient (Wildman–Crippen LogP) is 2.81. The van der Waals surface area contributed by atoms with Crippen molar-refractivity contribution in [1.82, 2.24) is 9.13 Å². The summed E-state index contributed by atoms with van der Waals surface area (Å²) < 4.78 is 7.15. The standard InChI is InChI=1S/C21H21N3O4S/c1-23-19(25)17(20(26)24(2)21(23)27)18(29-13-14-7-5-4-6-8-14)22-15-9-11-16(28-3)12-10-15/h4-12,25H,13H2,1-3H3. The second-order valence-corrected chi connectivity index (χ2v) is 7.26. The fraction of sp³-hybridized carbons (Fsp3) is 0.190. The van der Waals surface area contributed by atoms with Crippen LogP contribution in [0.15, 0.2) is 69.2 Å². The molecule has 2 aromatic carbocycles. The Morgan fingerprint density at radius 1 is 1.03 bits per heavy atom. The molecule has 0 radical (unpaired) electrons. The van der Waals surface area contributed by atoms with Crippen LogP contribution in [-0.2, 0) is 19.8 Å². The Kier molecular flexibility index (Phi) is 6.23. The Bertz CT molecular complexity index is 1150. The van der Waals surface area contributed by atoms with Crippen LogP contribution in [0, 0.1) is 0 Å². The zero-order valence-corrected chi connectivity index (χ0v) is 17.1. The highest BCUT2D eigenvalue weighted by Gasteiger charge is 2.21. The second kappa shape index (κ2) is 8.83. The molecular weight excluding hydrogens is 390 g/mol. The van der Waals surface area contributed by atoms with Gasteiger partial charge in [0.2, 0.25) is 5.88 Å². The van der Waals surface area contributed by atoms with Crippen LogP contribution in [0.4, 0.5) is 5.69 Å². The molecule has 29 heavy (non-hydrogen) atoms. The molecule has 0 spiro atoms. The minimum Gasteiger partial charge on any atom is -0.497 e. The summed E-state index contributed by atoms with van der Waals surface area (Å²) >= 11 is 1.31. The van der Waals surface area contributed by atoms with E-state index in [0.29, 0.717) is 22.2 Å². The normalized spacial score (nSPS) is 11.5. The monoisotopic (exact) mass is 411 g/mol. The van der Waals surface area contributed by atoms with Gasteiger partial charge in [-0.15, -0.1) is 11.8 Å². The average molecular weight is 411 g/mol. The number of nitrogens with zero attached hydrogens (tertiary/aromatic N) is 3. The summed E-state index contributed by atoms with van der Waals surface area (Å²) in [6.07, 6.45) is 0. The molecule has 150 valence electrons. The van der Waals surface area contributed by atoms with E-state index >= 15 is 0 Å². The summed E-state index contributed by atoms with van der Waals surface area (Å²) in [5, 5.41) is 10.9. The van der Waals surface area contributed by atoms with Crippen molar-refractivity contribution in [3.8, 4) is 11.6 Å². The molecule has 0 saturated carbocycles. The lowest BCUT2D eigenvalue weighted by molar-refractivity contribution is 0.410. The van der Waals surface area contributed by atoms with E-state index in [2.05, 4.69) is 4.99 Å². The fourth-order valence-electron chi connectivity index (χ4n) is 2.68.